The lowest BCUT2D eigenvalue weighted by Gasteiger charge is -2.17. The number of carbonyl (C=O) groups is 1. The Kier molecular flexibility index (Phi) is 7.20. The number of nitrogens with one attached hydrogen (secondary N) is 1. The molecule has 0 bridgehead atoms. The highest BCUT2D eigenvalue weighted by Gasteiger charge is 2.17. The normalized spacial score (nSPS) is 11.3. The molecule has 0 aliphatic rings. The number of unbranched alkanes of at least 4 members (excludes halogenated alkanes) is 1. The maximum atomic E-state index is 12.5. The lowest BCUT2D eigenvalue weighted by atomic mass is 10.2. The van der Waals surface area contributed by atoms with Gasteiger partial charge in [0.2, 0.25) is 10.0 Å². The second-order valence-electron chi connectivity index (χ2n) is 6.06. The summed E-state index contributed by atoms with van der Waals surface area (Å²) in [6.07, 6.45) is 1.89. The molecular weight excluding hydrogens is 372 g/mol. The largest absolute Gasteiger partial charge is 0.342 e. The quantitative estimate of drug-likeness (QED) is 0.742. The number of sulfonamides is 1. The first-order chi connectivity index (χ1) is 12.3. The van der Waals surface area contributed by atoms with E-state index in [1.165, 1.54) is 12.1 Å². The number of benzene rings is 2. The van der Waals surface area contributed by atoms with Crippen LogP contribution in [-0.4, -0.2) is 32.8 Å². The molecule has 0 spiro atoms. The minimum Gasteiger partial charge on any atom is -0.342 e. The molecular formula is C19H23ClN2O3S. The molecule has 0 saturated carbocycles. The Morgan fingerprint density at radius 3 is 2.50 bits per heavy atom. The third kappa shape index (κ3) is 5.56. The van der Waals surface area contributed by atoms with Crippen molar-refractivity contribution >= 4 is 27.5 Å². The van der Waals surface area contributed by atoms with Gasteiger partial charge >= 0.3 is 0 Å². The highest BCUT2D eigenvalue weighted by atomic mass is 35.5. The molecule has 0 aliphatic carbocycles. The SMILES string of the molecule is CCCCN(C)C(=O)c1cccc(S(=O)(=O)NCc2ccc(Cl)cc2)c1. The summed E-state index contributed by atoms with van der Waals surface area (Å²) < 4.78 is 27.6. The zero-order valence-electron chi connectivity index (χ0n) is 14.9. The summed E-state index contributed by atoms with van der Waals surface area (Å²) in [6.45, 7) is 2.84. The molecule has 2 aromatic rings. The van der Waals surface area contributed by atoms with E-state index in [1.807, 2.05) is 0 Å². The Labute approximate surface area is 160 Å². The average molecular weight is 395 g/mol. The molecule has 0 unspecified atom stereocenters. The van der Waals surface area contributed by atoms with Gasteiger partial charge in [0, 0.05) is 30.7 Å². The number of amides is 1. The van der Waals surface area contributed by atoms with Crippen LogP contribution < -0.4 is 4.72 Å². The van der Waals surface area contributed by atoms with Gasteiger partial charge in [0.15, 0.2) is 0 Å². The van der Waals surface area contributed by atoms with E-state index < -0.39 is 10.0 Å². The van der Waals surface area contributed by atoms with Crippen LogP contribution in [0.1, 0.15) is 35.7 Å². The number of halogens is 1. The Balaban J connectivity index is 2.11. The maximum absolute atomic E-state index is 12.5. The van der Waals surface area contributed by atoms with Crippen molar-refractivity contribution in [3.63, 3.8) is 0 Å². The summed E-state index contributed by atoms with van der Waals surface area (Å²) in [5, 5.41) is 0.593. The van der Waals surface area contributed by atoms with Crippen LogP contribution in [0.25, 0.3) is 0 Å². The van der Waals surface area contributed by atoms with Crippen LogP contribution in [0.5, 0.6) is 0 Å². The van der Waals surface area contributed by atoms with Crippen molar-refractivity contribution < 1.29 is 13.2 Å². The van der Waals surface area contributed by atoms with E-state index in [0.717, 1.165) is 18.4 Å². The Morgan fingerprint density at radius 2 is 1.85 bits per heavy atom. The fourth-order valence-corrected chi connectivity index (χ4v) is 3.57. The first kappa shape index (κ1) is 20.4. The van der Waals surface area contributed by atoms with E-state index in [4.69, 9.17) is 11.6 Å². The van der Waals surface area contributed by atoms with Crippen molar-refractivity contribution in [3.8, 4) is 0 Å². The van der Waals surface area contributed by atoms with Crippen LogP contribution in [0.4, 0.5) is 0 Å². The molecule has 0 aromatic heterocycles. The highest BCUT2D eigenvalue weighted by molar-refractivity contribution is 7.89. The van der Waals surface area contributed by atoms with E-state index in [9.17, 15) is 13.2 Å². The highest BCUT2D eigenvalue weighted by Crippen LogP contribution is 2.15. The molecule has 2 rings (SSSR count). The van der Waals surface area contributed by atoms with Gasteiger partial charge in [0.1, 0.15) is 0 Å². The molecule has 1 N–H and O–H groups in total. The third-order valence-electron chi connectivity index (χ3n) is 3.96. The number of rotatable bonds is 8. The molecule has 2 aromatic carbocycles. The van der Waals surface area contributed by atoms with Crippen molar-refractivity contribution in [3.05, 3.63) is 64.7 Å². The van der Waals surface area contributed by atoms with Crippen LogP contribution in [0, 0.1) is 0 Å². The van der Waals surface area contributed by atoms with E-state index >= 15 is 0 Å². The minimum absolute atomic E-state index is 0.0706. The molecule has 7 heteroatoms. The van der Waals surface area contributed by atoms with Crippen LogP contribution in [0.15, 0.2) is 53.4 Å². The Hall–Kier alpha value is -1.89. The molecule has 26 heavy (non-hydrogen) atoms. The first-order valence-electron chi connectivity index (χ1n) is 8.43. The molecule has 0 radical (unpaired) electrons. The average Bonchev–Trinajstić information content (AvgIpc) is 2.65. The Morgan fingerprint density at radius 1 is 1.15 bits per heavy atom. The number of carbonyl (C=O) groups excluding carboxylic acids is 1. The maximum Gasteiger partial charge on any atom is 0.253 e. The second-order valence-corrected chi connectivity index (χ2v) is 8.26. The summed E-state index contributed by atoms with van der Waals surface area (Å²) in [6, 6.07) is 13.0. The van der Waals surface area contributed by atoms with Crippen molar-refractivity contribution in [1.29, 1.82) is 0 Å². The van der Waals surface area contributed by atoms with Gasteiger partial charge in [-0.15, -0.1) is 0 Å². The summed E-state index contributed by atoms with van der Waals surface area (Å²) in [7, 11) is -2.00. The molecule has 1 amide bonds. The van der Waals surface area contributed by atoms with Gasteiger partial charge in [-0.1, -0.05) is 43.1 Å². The van der Waals surface area contributed by atoms with Crippen LogP contribution >= 0.6 is 11.6 Å². The molecule has 0 aliphatic heterocycles. The van der Waals surface area contributed by atoms with E-state index in [2.05, 4.69) is 11.6 Å². The van der Waals surface area contributed by atoms with Gasteiger partial charge in [0.05, 0.1) is 4.90 Å². The van der Waals surface area contributed by atoms with Gasteiger partial charge < -0.3 is 4.90 Å². The van der Waals surface area contributed by atoms with Crippen molar-refractivity contribution in [1.82, 2.24) is 9.62 Å². The topological polar surface area (TPSA) is 66.5 Å². The van der Waals surface area contributed by atoms with Crippen molar-refractivity contribution in [2.24, 2.45) is 0 Å². The predicted octanol–water partition coefficient (Wildman–Crippen LogP) is 3.69. The molecule has 0 heterocycles. The summed E-state index contributed by atoms with van der Waals surface area (Å²) in [5.74, 6) is -0.187. The second kappa shape index (κ2) is 9.16. The van der Waals surface area contributed by atoms with E-state index in [1.54, 1.807) is 48.3 Å². The predicted molar refractivity (Wildman–Crippen MR) is 104 cm³/mol. The van der Waals surface area contributed by atoms with Gasteiger partial charge in [-0.3, -0.25) is 4.79 Å². The summed E-state index contributed by atoms with van der Waals surface area (Å²) >= 11 is 5.83. The lowest BCUT2D eigenvalue weighted by Crippen LogP contribution is -2.28. The van der Waals surface area contributed by atoms with Crippen molar-refractivity contribution in [2.45, 2.75) is 31.2 Å². The van der Waals surface area contributed by atoms with Crippen molar-refractivity contribution in [2.75, 3.05) is 13.6 Å². The fraction of sp³-hybridized carbons (Fsp3) is 0.316. The zero-order chi connectivity index (χ0) is 19.2. The fourth-order valence-electron chi connectivity index (χ4n) is 2.38. The molecule has 0 fully saturated rings. The first-order valence-corrected chi connectivity index (χ1v) is 10.3. The van der Waals surface area contributed by atoms with Crippen LogP contribution in [0.2, 0.25) is 5.02 Å². The minimum atomic E-state index is -3.72. The van der Waals surface area contributed by atoms with Crippen LogP contribution in [0.3, 0.4) is 0 Å². The Bertz CT molecular complexity index is 851. The van der Waals surface area contributed by atoms with Gasteiger partial charge in [-0.25, -0.2) is 13.1 Å². The molecule has 140 valence electrons. The summed E-state index contributed by atoms with van der Waals surface area (Å²) in [4.78, 5) is 14.1. The standard InChI is InChI=1S/C19H23ClN2O3S/c1-3-4-12-22(2)19(23)16-6-5-7-18(13-16)26(24,25)21-14-15-8-10-17(20)11-9-15/h5-11,13,21H,3-4,12,14H2,1-2H3. The number of nitrogens with zero attached hydrogens (tertiary/aromatic N) is 1. The summed E-state index contributed by atoms with van der Waals surface area (Å²) in [5.41, 5.74) is 1.16. The zero-order valence-corrected chi connectivity index (χ0v) is 16.5. The molecule has 0 atom stereocenters. The van der Waals surface area contributed by atoms with Crippen LogP contribution in [-0.2, 0) is 16.6 Å². The van der Waals surface area contributed by atoms with E-state index in [-0.39, 0.29) is 17.3 Å². The lowest BCUT2D eigenvalue weighted by molar-refractivity contribution is 0.0793. The number of hydrogen-bond donors (Lipinski definition) is 1. The third-order valence-corrected chi connectivity index (χ3v) is 5.62. The monoisotopic (exact) mass is 394 g/mol. The molecule has 0 saturated heterocycles. The molecule has 5 nitrogen and oxygen atoms in total. The van der Waals surface area contributed by atoms with Gasteiger partial charge in [0.25, 0.3) is 5.91 Å². The smallest absolute Gasteiger partial charge is 0.253 e. The van der Waals surface area contributed by atoms with Gasteiger partial charge in [-0.05, 0) is 42.3 Å². The number of hydrogen-bond acceptors (Lipinski definition) is 3. The van der Waals surface area contributed by atoms with Gasteiger partial charge in [-0.2, -0.15) is 0 Å². The van der Waals surface area contributed by atoms with E-state index in [0.29, 0.717) is 17.1 Å².